The van der Waals surface area contributed by atoms with Crippen molar-refractivity contribution in [1.29, 1.82) is 0 Å². The lowest BCUT2D eigenvalue weighted by Crippen LogP contribution is -2.63. The number of hydrogen-bond acceptors (Lipinski definition) is 2. The Labute approximate surface area is 133 Å². The molecule has 0 heterocycles. The van der Waals surface area contributed by atoms with Crippen molar-refractivity contribution in [3.8, 4) is 5.75 Å². The molecule has 1 aromatic carbocycles. The molecule has 0 saturated heterocycles. The molecule has 0 aliphatic heterocycles. The highest BCUT2D eigenvalue weighted by atomic mass is 35.5. The standard InChI is InChI=1S/C18H26ClNO/c1-2-13-11-14(7-8-15(13)19)21-17-12-16(20)18(17)9-5-3-4-6-10-18/h7-8,11,16-17H,2-6,9-10,12,20H2,1H3. The lowest BCUT2D eigenvalue weighted by molar-refractivity contribution is -0.0770. The van der Waals surface area contributed by atoms with Gasteiger partial charge in [0.2, 0.25) is 0 Å². The first-order valence-corrected chi connectivity index (χ1v) is 8.74. The Balaban J connectivity index is 1.75. The van der Waals surface area contributed by atoms with E-state index in [4.69, 9.17) is 22.1 Å². The van der Waals surface area contributed by atoms with E-state index in [-0.39, 0.29) is 11.5 Å². The lowest BCUT2D eigenvalue weighted by Gasteiger charge is -2.54. The Morgan fingerprint density at radius 2 is 1.95 bits per heavy atom. The lowest BCUT2D eigenvalue weighted by atomic mass is 9.58. The van der Waals surface area contributed by atoms with Crippen LogP contribution in [0.15, 0.2) is 18.2 Å². The second kappa shape index (κ2) is 6.18. The highest BCUT2D eigenvalue weighted by Crippen LogP contribution is 2.51. The van der Waals surface area contributed by atoms with Gasteiger partial charge in [-0.05, 0) is 43.0 Å². The van der Waals surface area contributed by atoms with Crippen LogP contribution in [0.1, 0.15) is 57.4 Å². The number of ether oxygens (including phenoxy) is 1. The van der Waals surface area contributed by atoms with Crippen molar-refractivity contribution in [1.82, 2.24) is 0 Å². The summed E-state index contributed by atoms with van der Waals surface area (Å²) in [5.41, 5.74) is 7.77. The molecule has 2 nitrogen and oxygen atoms in total. The Morgan fingerprint density at radius 3 is 2.57 bits per heavy atom. The van der Waals surface area contributed by atoms with E-state index in [0.717, 1.165) is 29.2 Å². The van der Waals surface area contributed by atoms with Gasteiger partial charge in [-0.25, -0.2) is 0 Å². The molecule has 2 aliphatic carbocycles. The predicted octanol–water partition coefficient (Wildman–Crippen LogP) is 4.72. The number of aryl methyl sites for hydroxylation is 1. The summed E-state index contributed by atoms with van der Waals surface area (Å²) in [6, 6.07) is 6.36. The minimum atomic E-state index is 0.225. The zero-order valence-corrected chi connectivity index (χ0v) is 13.7. The molecule has 1 spiro atoms. The van der Waals surface area contributed by atoms with Crippen LogP contribution in [-0.2, 0) is 6.42 Å². The average molecular weight is 308 g/mol. The second-order valence-corrected chi connectivity index (χ2v) is 7.11. The maximum atomic E-state index is 6.38. The van der Waals surface area contributed by atoms with Gasteiger partial charge in [0, 0.05) is 22.9 Å². The van der Waals surface area contributed by atoms with E-state index in [1.165, 1.54) is 38.5 Å². The monoisotopic (exact) mass is 307 g/mol. The third-order valence-electron chi connectivity index (χ3n) is 5.56. The normalized spacial score (nSPS) is 28.0. The van der Waals surface area contributed by atoms with Crippen LogP contribution in [0.2, 0.25) is 5.02 Å². The van der Waals surface area contributed by atoms with Crippen LogP contribution in [0.4, 0.5) is 0 Å². The molecule has 2 fully saturated rings. The zero-order chi connectivity index (χ0) is 14.9. The van der Waals surface area contributed by atoms with Crippen molar-refractivity contribution >= 4 is 11.6 Å². The summed E-state index contributed by atoms with van der Waals surface area (Å²) in [5.74, 6) is 0.955. The van der Waals surface area contributed by atoms with E-state index < -0.39 is 0 Å². The molecular weight excluding hydrogens is 282 g/mol. The van der Waals surface area contributed by atoms with E-state index in [2.05, 4.69) is 13.0 Å². The van der Waals surface area contributed by atoms with Crippen molar-refractivity contribution in [3.63, 3.8) is 0 Å². The quantitative estimate of drug-likeness (QED) is 0.877. The summed E-state index contributed by atoms with van der Waals surface area (Å²) in [7, 11) is 0. The first-order valence-electron chi connectivity index (χ1n) is 8.36. The van der Waals surface area contributed by atoms with Gasteiger partial charge >= 0.3 is 0 Å². The first-order chi connectivity index (χ1) is 10.2. The largest absolute Gasteiger partial charge is 0.490 e. The van der Waals surface area contributed by atoms with E-state index in [0.29, 0.717) is 6.04 Å². The van der Waals surface area contributed by atoms with E-state index in [1.807, 2.05) is 12.1 Å². The fourth-order valence-electron chi connectivity index (χ4n) is 4.08. The van der Waals surface area contributed by atoms with Gasteiger partial charge in [0.15, 0.2) is 0 Å². The summed E-state index contributed by atoms with van der Waals surface area (Å²) in [5, 5.41) is 0.833. The van der Waals surface area contributed by atoms with Crippen LogP contribution in [0, 0.1) is 5.41 Å². The molecule has 2 atom stereocenters. The van der Waals surface area contributed by atoms with E-state index in [1.54, 1.807) is 0 Å². The van der Waals surface area contributed by atoms with Gasteiger partial charge in [-0.2, -0.15) is 0 Å². The molecule has 2 unspecified atom stereocenters. The Morgan fingerprint density at radius 1 is 1.24 bits per heavy atom. The highest BCUT2D eigenvalue weighted by Gasteiger charge is 2.54. The van der Waals surface area contributed by atoms with Gasteiger partial charge in [-0.15, -0.1) is 0 Å². The van der Waals surface area contributed by atoms with Gasteiger partial charge < -0.3 is 10.5 Å². The smallest absolute Gasteiger partial charge is 0.120 e. The fraction of sp³-hybridized carbons (Fsp3) is 0.667. The maximum Gasteiger partial charge on any atom is 0.120 e. The van der Waals surface area contributed by atoms with E-state index >= 15 is 0 Å². The molecule has 21 heavy (non-hydrogen) atoms. The fourth-order valence-corrected chi connectivity index (χ4v) is 4.33. The van der Waals surface area contributed by atoms with E-state index in [9.17, 15) is 0 Å². The predicted molar refractivity (Wildman–Crippen MR) is 88.0 cm³/mol. The van der Waals surface area contributed by atoms with Crippen molar-refractivity contribution in [2.45, 2.75) is 70.4 Å². The third-order valence-corrected chi connectivity index (χ3v) is 5.93. The van der Waals surface area contributed by atoms with Crippen LogP contribution < -0.4 is 10.5 Å². The zero-order valence-electron chi connectivity index (χ0n) is 12.9. The molecule has 0 radical (unpaired) electrons. The third kappa shape index (κ3) is 2.80. The summed E-state index contributed by atoms with van der Waals surface area (Å²) in [6.45, 7) is 2.12. The van der Waals surface area contributed by atoms with Crippen LogP contribution in [0.5, 0.6) is 5.75 Å². The molecule has 0 bridgehead atoms. The molecule has 2 aliphatic rings. The van der Waals surface area contributed by atoms with Crippen LogP contribution >= 0.6 is 11.6 Å². The number of benzene rings is 1. The topological polar surface area (TPSA) is 35.2 Å². The molecule has 0 aromatic heterocycles. The van der Waals surface area contributed by atoms with Crippen LogP contribution in [0.3, 0.4) is 0 Å². The minimum absolute atomic E-state index is 0.225. The number of rotatable bonds is 3. The Hall–Kier alpha value is -0.730. The highest BCUT2D eigenvalue weighted by molar-refractivity contribution is 6.31. The molecule has 3 rings (SSSR count). The first kappa shape index (κ1) is 15.2. The summed E-state index contributed by atoms with van der Waals surface area (Å²) < 4.78 is 6.33. The minimum Gasteiger partial charge on any atom is -0.490 e. The number of nitrogens with two attached hydrogens (primary N) is 1. The van der Waals surface area contributed by atoms with Crippen molar-refractivity contribution in [3.05, 3.63) is 28.8 Å². The molecule has 2 saturated carbocycles. The van der Waals surface area contributed by atoms with Crippen molar-refractivity contribution < 1.29 is 4.74 Å². The average Bonchev–Trinajstić information content (AvgIpc) is 2.76. The molecule has 1 aromatic rings. The Kier molecular flexibility index (Phi) is 4.46. The van der Waals surface area contributed by atoms with Crippen molar-refractivity contribution in [2.24, 2.45) is 11.1 Å². The number of hydrogen-bond donors (Lipinski definition) is 1. The van der Waals surface area contributed by atoms with Gasteiger partial charge in [0.1, 0.15) is 11.9 Å². The molecule has 2 N–H and O–H groups in total. The van der Waals surface area contributed by atoms with Gasteiger partial charge in [0.25, 0.3) is 0 Å². The molecule has 116 valence electrons. The SMILES string of the molecule is CCc1cc(OC2CC(N)C23CCCCCC3)ccc1Cl. The van der Waals surface area contributed by atoms with Gasteiger partial charge in [0.05, 0.1) is 0 Å². The Bertz CT molecular complexity index is 494. The molecular formula is C18H26ClNO. The van der Waals surface area contributed by atoms with Crippen molar-refractivity contribution in [2.75, 3.05) is 0 Å². The molecule has 3 heteroatoms. The van der Waals surface area contributed by atoms with Gasteiger partial charge in [-0.1, -0.05) is 44.2 Å². The second-order valence-electron chi connectivity index (χ2n) is 6.70. The summed E-state index contributed by atoms with van der Waals surface area (Å²) in [4.78, 5) is 0. The van der Waals surface area contributed by atoms with Crippen LogP contribution in [0.25, 0.3) is 0 Å². The summed E-state index contributed by atoms with van der Waals surface area (Å²) >= 11 is 6.19. The summed E-state index contributed by atoms with van der Waals surface area (Å²) in [6.07, 6.45) is 9.97. The molecule has 0 amide bonds. The van der Waals surface area contributed by atoms with Gasteiger partial charge in [-0.3, -0.25) is 0 Å². The maximum absolute atomic E-state index is 6.38. The van der Waals surface area contributed by atoms with Crippen LogP contribution in [-0.4, -0.2) is 12.1 Å². The number of halogens is 1.